The average Bonchev–Trinajstić information content (AvgIpc) is 3.14. The Balaban J connectivity index is 1.70. The van der Waals surface area contributed by atoms with Gasteiger partial charge in [0.15, 0.2) is 0 Å². The van der Waals surface area contributed by atoms with E-state index in [1.165, 1.54) is 12.8 Å². The highest BCUT2D eigenvalue weighted by atomic mass is 15.3. The molecule has 3 rings (SSSR count). The fourth-order valence-corrected chi connectivity index (χ4v) is 1.92. The number of hydrogen-bond donors (Lipinski definition) is 2. The standard InChI is InChI=1S/C14H18N4/c15-9-11-3-5-13(6-4-11)18-8-7-14(17-18)16-10-12-1-2-12/h3-8,12H,1-2,9-10,15H2,(H,16,17). The minimum Gasteiger partial charge on any atom is -0.368 e. The molecular formula is C14H18N4. The number of anilines is 1. The molecule has 0 bridgehead atoms. The van der Waals surface area contributed by atoms with E-state index in [1.807, 2.05) is 41.2 Å². The van der Waals surface area contributed by atoms with Gasteiger partial charge in [0.1, 0.15) is 5.82 Å². The summed E-state index contributed by atoms with van der Waals surface area (Å²) in [6.45, 7) is 1.62. The Morgan fingerprint density at radius 3 is 2.67 bits per heavy atom. The van der Waals surface area contributed by atoms with Gasteiger partial charge in [-0.25, -0.2) is 4.68 Å². The third-order valence-corrected chi connectivity index (χ3v) is 3.29. The fraction of sp³-hybridized carbons (Fsp3) is 0.357. The Morgan fingerprint density at radius 1 is 1.22 bits per heavy atom. The molecule has 0 saturated heterocycles. The molecule has 18 heavy (non-hydrogen) atoms. The average molecular weight is 242 g/mol. The normalized spacial score (nSPS) is 14.7. The van der Waals surface area contributed by atoms with Gasteiger partial charge in [0.2, 0.25) is 0 Å². The number of rotatable bonds is 5. The van der Waals surface area contributed by atoms with Crippen LogP contribution in [-0.2, 0) is 6.54 Å². The van der Waals surface area contributed by atoms with Gasteiger partial charge in [0, 0.05) is 25.4 Å². The topological polar surface area (TPSA) is 55.9 Å². The van der Waals surface area contributed by atoms with Crippen molar-refractivity contribution in [3.8, 4) is 5.69 Å². The van der Waals surface area contributed by atoms with Gasteiger partial charge in [-0.3, -0.25) is 0 Å². The third-order valence-electron chi connectivity index (χ3n) is 3.29. The van der Waals surface area contributed by atoms with Crippen molar-refractivity contribution in [1.82, 2.24) is 9.78 Å². The van der Waals surface area contributed by atoms with Crippen LogP contribution in [0.1, 0.15) is 18.4 Å². The minimum atomic E-state index is 0.577. The predicted molar refractivity (Wildman–Crippen MR) is 72.7 cm³/mol. The largest absolute Gasteiger partial charge is 0.368 e. The first-order valence-electron chi connectivity index (χ1n) is 6.44. The SMILES string of the molecule is NCc1ccc(-n2ccc(NCC3CC3)n2)cc1. The van der Waals surface area contributed by atoms with Crippen molar-refractivity contribution in [2.75, 3.05) is 11.9 Å². The van der Waals surface area contributed by atoms with Gasteiger partial charge in [-0.1, -0.05) is 12.1 Å². The van der Waals surface area contributed by atoms with E-state index in [9.17, 15) is 0 Å². The van der Waals surface area contributed by atoms with Gasteiger partial charge in [0.05, 0.1) is 5.69 Å². The molecule has 1 aromatic carbocycles. The summed E-state index contributed by atoms with van der Waals surface area (Å²) in [6, 6.07) is 10.2. The Bertz CT molecular complexity index is 511. The van der Waals surface area contributed by atoms with Crippen LogP contribution in [-0.4, -0.2) is 16.3 Å². The highest BCUT2D eigenvalue weighted by Gasteiger charge is 2.20. The van der Waals surface area contributed by atoms with E-state index < -0.39 is 0 Å². The molecule has 2 aromatic rings. The van der Waals surface area contributed by atoms with Crippen LogP contribution in [0.4, 0.5) is 5.82 Å². The molecule has 0 spiro atoms. The molecule has 1 heterocycles. The lowest BCUT2D eigenvalue weighted by Gasteiger charge is -2.03. The Hall–Kier alpha value is -1.81. The van der Waals surface area contributed by atoms with Gasteiger partial charge in [-0.2, -0.15) is 5.10 Å². The molecule has 1 saturated carbocycles. The van der Waals surface area contributed by atoms with Crippen LogP contribution in [0.15, 0.2) is 36.5 Å². The minimum absolute atomic E-state index is 0.577. The zero-order valence-electron chi connectivity index (χ0n) is 10.3. The van der Waals surface area contributed by atoms with E-state index in [1.54, 1.807) is 0 Å². The highest BCUT2D eigenvalue weighted by molar-refractivity contribution is 5.39. The van der Waals surface area contributed by atoms with Gasteiger partial charge < -0.3 is 11.1 Å². The zero-order chi connectivity index (χ0) is 12.4. The van der Waals surface area contributed by atoms with E-state index in [-0.39, 0.29) is 0 Å². The number of nitrogens with two attached hydrogens (primary N) is 1. The fourth-order valence-electron chi connectivity index (χ4n) is 1.92. The summed E-state index contributed by atoms with van der Waals surface area (Å²) in [6.07, 6.45) is 4.69. The van der Waals surface area contributed by atoms with Gasteiger partial charge in [-0.05, 0) is 36.5 Å². The van der Waals surface area contributed by atoms with Crippen molar-refractivity contribution in [3.63, 3.8) is 0 Å². The van der Waals surface area contributed by atoms with Crippen LogP contribution >= 0.6 is 0 Å². The monoisotopic (exact) mass is 242 g/mol. The van der Waals surface area contributed by atoms with E-state index in [0.717, 1.165) is 29.5 Å². The molecule has 1 aromatic heterocycles. The quantitative estimate of drug-likeness (QED) is 0.844. The Morgan fingerprint density at radius 2 is 2.00 bits per heavy atom. The second kappa shape index (κ2) is 4.82. The van der Waals surface area contributed by atoms with Crippen molar-refractivity contribution in [1.29, 1.82) is 0 Å². The molecule has 3 N–H and O–H groups in total. The first kappa shape index (κ1) is 11.3. The maximum atomic E-state index is 5.58. The molecule has 0 radical (unpaired) electrons. The van der Waals surface area contributed by atoms with E-state index in [0.29, 0.717) is 6.54 Å². The summed E-state index contributed by atoms with van der Waals surface area (Å²) in [5.74, 6) is 1.81. The molecule has 4 nitrogen and oxygen atoms in total. The summed E-state index contributed by atoms with van der Waals surface area (Å²) >= 11 is 0. The summed E-state index contributed by atoms with van der Waals surface area (Å²) in [5.41, 5.74) is 7.78. The molecule has 0 amide bonds. The number of benzene rings is 1. The summed E-state index contributed by atoms with van der Waals surface area (Å²) < 4.78 is 1.88. The molecule has 0 unspecified atom stereocenters. The van der Waals surface area contributed by atoms with Crippen LogP contribution in [0.3, 0.4) is 0 Å². The molecule has 0 aliphatic heterocycles. The van der Waals surface area contributed by atoms with Gasteiger partial charge in [-0.15, -0.1) is 0 Å². The Kier molecular flexibility index (Phi) is 3.02. The number of aromatic nitrogens is 2. The second-order valence-corrected chi connectivity index (χ2v) is 4.84. The third kappa shape index (κ3) is 2.54. The Labute approximate surface area is 107 Å². The first-order chi connectivity index (χ1) is 8.85. The second-order valence-electron chi connectivity index (χ2n) is 4.84. The lowest BCUT2D eigenvalue weighted by molar-refractivity contribution is 0.850. The van der Waals surface area contributed by atoms with E-state index in [2.05, 4.69) is 10.4 Å². The molecule has 4 heteroatoms. The predicted octanol–water partition coefficient (Wildman–Crippen LogP) is 2.15. The van der Waals surface area contributed by atoms with Crippen LogP contribution in [0, 0.1) is 5.92 Å². The number of hydrogen-bond acceptors (Lipinski definition) is 3. The maximum absolute atomic E-state index is 5.58. The lowest BCUT2D eigenvalue weighted by Crippen LogP contribution is -2.04. The molecule has 94 valence electrons. The zero-order valence-corrected chi connectivity index (χ0v) is 10.3. The van der Waals surface area contributed by atoms with Crippen LogP contribution < -0.4 is 11.1 Å². The molecule has 1 aliphatic carbocycles. The van der Waals surface area contributed by atoms with Gasteiger partial charge >= 0.3 is 0 Å². The molecule has 0 atom stereocenters. The van der Waals surface area contributed by atoms with Crippen LogP contribution in [0.25, 0.3) is 5.69 Å². The van der Waals surface area contributed by atoms with Crippen molar-refractivity contribution < 1.29 is 0 Å². The molecule has 1 fully saturated rings. The van der Waals surface area contributed by atoms with Crippen molar-refractivity contribution in [3.05, 3.63) is 42.1 Å². The first-order valence-corrected chi connectivity index (χ1v) is 6.44. The van der Waals surface area contributed by atoms with Crippen molar-refractivity contribution in [2.45, 2.75) is 19.4 Å². The molecular weight excluding hydrogens is 224 g/mol. The lowest BCUT2D eigenvalue weighted by atomic mass is 10.2. The smallest absolute Gasteiger partial charge is 0.148 e. The van der Waals surface area contributed by atoms with Crippen molar-refractivity contribution in [2.24, 2.45) is 11.7 Å². The highest BCUT2D eigenvalue weighted by Crippen LogP contribution is 2.28. The van der Waals surface area contributed by atoms with Crippen LogP contribution in [0.2, 0.25) is 0 Å². The summed E-state index contributed by atoms with van der Waals surface area (Å²) in [5, 5.41) is 7.88. The number of nitrogens with zero attached hydrogens (tertiary/aromatic N) is 2. The molecule has 1 aliphatic rings. The van der Waals surface area contributed by atoms with Crippen LogP contribution in [0.5, 0.6) is 0 Å². The van der Waals surface area contributed by atoms with E-state index >= 15 is 0 Å². The maximum Gasteiger partial charge on any atom is 0.148 e. The van der Waals surface area contributed by atoms with Gasteiger partial charge in [0.25, 0.3) is 0 Å². The summed E-state index contributed by atoms with van der Waals surface area (Å²) in [7, 11) is 0. The van der Waals surface area contributed by atoms with E-state index in [4.69, 9.17) is 5.73 Å². The number of nitrogens with one attached hydrogen (secondary N) is 1. The van der Waals surface area contributed by atoms with Crippen molar-refractivity contribution >= 4 is 5.82 Å². The summed E-state index contributed by atoms with van der Waals surface area (Å²) in [4.78, 5) is 0.